The van der Waals surface area contributed by atoms with E-state index in [0.717, 1.165) is 30.8 Å². The maximum absolute atomic E-state index is 4.73. The van der Waals surface area contributed by atoms with E-state index in [1.165, 1.54) is 24.1 Å². The molecule has 0 aliphatic heterocycles. The van der Waals surface area contributed by atoms with Gasteiger partial charge in [0.1, 0.15) is 0 Å². The Hall–Kier alpha value is -0.830. The van der Waals surface area contributed by atoms with Crippen molar-refractivity contribution in [3.63, 3.8) is 0 Å². The Labute approximate surface area is 163 Å². The van der Waals surface area contributed by atoms with Gasteiger partial charge in [-0.2, -0.15) is 5.10 Å². The highest BCUT2D eigenvalue weighted by molar-refractivity contribution is 14.0. The van der Waals surface area contributed by atoms with Crippen LogP contribution in [0.3, 0.4) is 0 Å². The molecule has 1 aromatic heterocycles. The summed E-state index contributed by atoms with van der Waals surface area (Å²) in [5, 5.41) is 11.3. The number of aryl methyl sites for hydroxylation is 2. The molecule has 0 bridgehead atoms. The molecule has 1 aliphatic carbocycles. The minimum Gasteiger partial charge on any atom is -0.357 e. The number of nitrogens with zero attached hydrogens (tertiary/aromatic N) is 4. The largest absolute Gasteiger partial charge is 0.357 e. The van der Waals surface area contributed by atoms with E-state index in [-0.39, 0.29) is 24.0 Å². The SMILES string of the molecule is CCNC(=NCc1c(C)nn(C)c1C)NCC(C)N(C)C1CC1.I. The van der Waals surface area contributed by atoms with E-state index >= 15 is 0 Å². The van der Waals surface area contributed by atoms with Gasteiger partial charge < -0.3 is 10.6 Å². The Balaban J connectivity index is 0.00000288. The number of likely N-dealkylation sites (N-methyl/N-ethyl adjacent to an activating group) is 1. The number of aliphatic imine (C=N–C) groups is 1. The second-order valence-corrected chi connectivity index (χ2v) is 6.59. The smallest absolute Gasteiger partial charge is 0.191 e. The van der Waals surface area contributed by atoms with E-state index in [1.807, 2.05) is 18.7 Å². The van der Waals surface area contributed by atoms with Crippen LogP contribution in [0.2, 0.25) is 0 Å². The average molecular weight is 448 g/mol. The highest BCUT2D eigenvalue weighted by Gasteiger charge is 2.28. The van der Waals surface area contributed by atoms with Crippen LogP contribution in [-0.4, -0.2) is 52.9 Å². The summed E-state index contributed by atoms with van der Waals surface area (Å²) in [6.07, 6.45) is 2.68. The molecule has 0 radical (unpaired) electrons. The minimum atomic E-state index is 0. The number of guanidine groups is 1. The maximum Gasteiger partial charge on any atom is 0.191 e. The van der Waals surface area contributed by atoms with E-state index in [0.29, 0.717) is 12.6 Å². The summed E-state index contributed by atoms with van der Waals surface area (Å²) in [7, 11) is 4.20. The molecule has 0 spiro atoms. The quantitative estimate of drug-likeness (QED) is 0.382. The van der Waals surface area contributed by atoms with Crippen LogP contribution >= 0.6 is 24.0 Å². The lowest BCUT2D eigenvalue weighted by Gasteiger charge is -2.25. The Bertz CT molecular complexity index is 550. The van der Waals surface area contributed by atoms with Crippen molar-refractivity contribution >= 4 is 29.9 Å². The molecule has 1 heterocycles. The van der Waals surface area contributed by atoms with Gasteiger partial charge in [0.2, 0.25) is 0 Å². The molecule has 1 aromatic rings. The molecule has 2 rings (SSSR count). The number of hydrogen-bond acceptors (Lipinski definition) is 3. The monoisotopic (exact) mass is 448 g/mol. The third kappa shape index (κ3) is 5.61. The molecule has 0 amide bonds. The van der Waals surface area contributed by atoms with Crippen molar-refractivity contribution in [2.45, 2.75) is 59.2 Å². The fourth-order valence-corrected chi connectivity index (χ4v) is 2.78. The van der Waals surface area contributed by atoms with Crippen LogP contribution in [0, 0.1) is 13.8 Å². The van der Waals surface area contributed by atoms with Crippen LogP contribution in [-0.2, 0) is 13.6 Å². The van der Waals surface area contributed by atoms with Gasteiger partial charge in [0.15, 0.2) is 5.96 Å². The number of nitrogens with one attached hydrogen (secondary N) is 2. The maximum atomic E-state index is 4.73. The number of hydrogen-bond donors (Lipinski definition) is 2. The first-order chi connectivity index (χ1) is 10.9. The molecule has 7 heteroatoms. The van der Waals surface area contributed by atoms with Crippen molar-refractivity contribution in [2.24, 2.45) is 12.0 Å². The lowest BCUT2D eigenvalue weighted by molar-refractivity contribution is 0.247. The van der Waals surface area contributed by atoms with Gasteiger partial charge in [0.05, 0.1) is 12.2 Å². The van der Waals surface area contributed by atoms with Gasteiger partial charge in [-0.15, -0.1) is 24.0 Å². The van der Waals surface area contributed by atoms with Crippen molar-refractivity contribution in [3.05, 3.63) is 17.0 Å². The molecular weight excluding hydrogens is 415 g/mol. The molecule has 0 aromatic carbocycles. The van der Waals surface area contributed by atoms with Crippen molar-refractivity contribution < 1.29 is 0 Å². The predicted molar refractivity (Wildman–Crippen MR) is 111 cm³/mol. The lowest BCUT2D eigenvalue weighted by atomic mass is 10.2. The van der Waals surface area contributed by atoms with E-state index in [4.69, 9.17) is 4.99 Å². The standard InChI is InChI=1S/C17H32N6.HI/c1-7-18-17(19-10-12(2)22(5)15-8-9-15)20-11-16-13(3)21-23(6)14(16)4;/h12,15H,7-11H2,1-6H3,(H2,18,19,20);1H. The molecule has 0 saturated heterocycles. The van der Waals surface area contributed by atoms with Gasteiger partial charge in [0.25, 0.3) is 0 Å². The first-order valence-corrected chi connectivity index (χ1v) is 8.67. The molecule has 138 valence electrons. The van der Waals surface area contributed by atoms with Gasteiger partial charge in [-0.25, -0.2) is 4.99 Å². The molecule has 1 atom stereocenters. The fourth-order valence-electron chi connectivity index (χ4n) is 2.78. The zero-order valence-electron chi connectivity index (χ0n) is 15.9. The van der Waals surface area contributed by atoms with E-state index in [1.54, 1.807) is 0 Å². The summed E-state index contributed by atoms with van der Waals surface area (Å²) in [4.78, 5) is 7.20. The topological polar surface area (TPSA) is 57.5 Å². The van der Waals surface area contributed by atoms with Gasteiger partial charge in [-0.1, -0.05) is 0 Å². The fraction of sp³-hybridized carbons (Fsp3) is 0.765. The minimum absolute atomic E-state index is 0. The molecule has 6 nitrogen and oxygen atoms in total. The molecule has 2 N–H and O–H groups in total. The van der Waals surface area contributed by atoms with Crippen LogP contribution in [0.15, 0.2) is 4.99 Å². The van der Waals surface area contributed by atoms with Crippen molar-refractivity contribution in [1.82, 2.24) is 25.3 Å². The van der Waals surface area contributed by atoms with Crippen LogP contribution < -0.4 is 10.6 Å². The molecule has 24 heavy (non-hydrogen) atoms. The Kier molecular flexibility index (Phi) is 8.49. The summed E-state index contributed by atoms with van der Waals surface area (Å²) >= 11 is 0. The van der Waals surface area contributed by atoms with Gasteiger partial charge in [-0.05, 0) is 47.6 Å². The Morgan fingerprint density at radius 1 is 1.38 bits per heavy atom. The number of aromatic nitrogens is 2. The van der Waals surface area contributed by atoms with E-state index in [2.05, 4.69) is 48.5 Å². The first-order valence-electron chi connectivity index (χ1n) is 8.67. The summed E-state index contributed by atoms with van der Waals surface area (Å²) in [6, 6.07) is 1.29. The highest BCUT2D eigenvalue weighted by Crippen LogP contribution is 2.26. The third-order valence-corrected chi connectivity index (χ3v) is 4.78. The summed E-state index contributed by atoms with van der Waals surface area (Å²) in [6.45, 7) is 10.9. The predicted octanol–water partition coefficient (Wildman–Crippen LogP) is 2.19. The molecule has 1 saturated carbocycles. The van der Waals surface area contributed by atoms with Crippen LogP contribution in [0.1, 0.15) is 43.6 Å². The third-order valence-electron chi connectivity index (χ3n) is 4.78. The van der Waals surface area contributed by atoms with Crippen molar-refractivity contribution in [3.8, 4) is 0 Å². The number of rotatable bonds is 7. The normalized spacial score (nSPS) is 16.0. The average Bonchev–Trinajstić information content (AvgIpc) is 3.32. The van der Waals surface area contributed by atoms with Gasteiger partial charge in [-0.3, -0.25) is 9.58 Å². The summed E-state index contributed by atoms with van der Waals surface area (Å²) < 4.78 is 1.92. The summed E-state index contributed by atoms with van der Waals surface area (Å²) in [5.41, 5.74) is 3.46. The van der Waals surface area contributed by atoms with Crippen molar-refractivity contribution in [2.75, 3.05) is 20.1 Å². The zero-order chi connectivity index (χ0) is 17.0. The van der Waals surface area contributed by atoms with Gasteiger partial charge >= 0.3 is 0 Å². The molecule has 1 unspecified atom stereocenters. The van der Waals surface area contributed by atoms with Crippen LogP contribution in [0.25, 0.3) is 0 Å². The van der Waals surface area contributed by atoms with Crippen LogP contribution in [0.4, 0.5) is 0 Å². The molecule has 1 aliphatic rings. The Morgan fingerprint density at radius 2 is 2.04 bits per heavy atom. The highest BCUT2D eigenvalue weighted by atomic mass is 127. The first kappa shape index (κ1) is 21.2. The number of halogens is 1. The van der Waals surface area contributed by atoms with E-state index in [9.17, 15) is 0 Å². The second kappa shape index (κ2) is 9.60. The Morgan fingerprint density at radius 3 is 2.54 bits per heavy atom. The van der Waals surface area contributed by atoms with Gasteiger partial charge in [0, 0.05) is 43.5 Å². The summed E-state index contributed by atoms with van der Waals surface area (Å²) in [5.74, 6) is 0.881. The molecule has 1 fully saturated rings. The van der Waals surface area contributed by atoms with Crippen molar-refractivity contribution in [1.29, 1.82) is 0 Å². The zero-order valence-corrected chi connectivity index (χ0v) is 18.2. The molecular formula is C17H33IN6. The second-order valence-electron chi connectivity index (χ2n) is 6.59. The van der Waals surface area contributed by atoms with E-state index < -0.39 is 0 Å². The lowest BCUT2D eigenvalue weighted by Crippen LogP contribution is -2.45. The van der Waals surface area contributed by atoms with Crippen LogP contribution in [0.5, 0.6) is 0 Å².